The zero-order valence-corrected chi connectivity index (χ0v) is 19.7. The molecule has 0 aromatic heterocycles. The maximum absolute atomic E-state index is 12.9. The van der Waals surface area contributed by atoms with Crippen LogP contribution >= 0.6 is 0 Å². The molecule has 1 heterocycles. The topological polar surface area (TPSA) is 83.1 Å². The van der Waals surface area contributed by atoms with Gasteiger partial charge in [0.05, 0.1) is 19.6 Å². The molecule has 0 atom stereocenters. The molecule has 0 spiro atoms. The third-order valence-electron chi connectivity index (χ3n) is 6.34. The van der Waals surface area contributed by atoms with Gasteiger partial charge in [0.1, 0.15) is 12.7 Å². The number of nitrogens with one attached hydrogen (secondary N) is 1. The Morgan fingerprint density at radius 3 is 2.42 bits per heavy atom. The van der Waals surface area contributed by atoms with Crippen LogP contribution in [-0.2, 0) is 16.1 Å². The van der Waals surface area contributed by atoms with Crippen molar-refractivity contribution in [3.63, 3.8) is 0 Å². The van der Waals surface area contributed by atoms with Crippen LogP contribution < -0.4 is 19.5 Å². The van der Waals surface area contributed by atoms with Crippen LogP contribution in [0.5, 0.6) is 17.2 Å². The molecule has 0 unspecified atom stereocenters. The molecule has 2 aromatic carbocycles. The van der Waals surface area contributed by atoms with E-state index in [2.05, 4.69) is 5.32 Å². The van der Waals surface area contributed by atoms with E-state index in [4.69, 9.17) is 18.9 Å². The standard InChI is InChI=1S/C26H31NO6/c1-26(2,25(29)33-16-8-5-6-9-16)15-32-22-18(12-13-21(30-3)23(22)31-4)17-10-7-11-19-20(17)14-27-24(19)28/h7,10-13,16H,5-6,8-9,14-15H2,1-4H3,(H,27,28). The van der Waals surface area contributed by atoms with E-state index in [1.165, 1.54) is 0 Å². The highest BCUT2D eigenvalue weighted by molar-refractivity contribution is 6.01. The molecular formula is C26H31NO6. The quantitative estimate of drug-likeness (QED) is 0.593. The Morgan fingerprint density at radius 2 is 1.73 bits per heavy atom. The molecule has 1 aliphatic carbocycles. The minimum absolute atomic E-state index is 0.00404. The fourth-order valence-electron chi connectivity index (χ4n) is 4.39. The summed E-state index contributed by atoms with van der Waals surface area (Å²) in [5, 5.41) is 2.87. The maximum atomic E-state index is 12.9. The predicted molar refractivity (Wildman–Crippen MR) is 124 cm³/mol. The fraction of sp³-hybridized carbons (Fsp3) is 0.462. The minimum Gasteiger partial charge on any atom is -0.493 e. The summed E-state index contributed by atoms with van der Waals surface area (Å²) >= 11 is 0. The summed E-state index contributed by atoms with van der Waals surface area (Å²) in [6, 6.07) is 9.31. The smallest absolute Gasteiger partial charge is 0.315 e. The van der Waals surface area contributed by atoms with E-state index in [1.807, 2.05) is 44.2 Å². The van der Waals surface area contributed by atoms with Crippen molar-refractivity contribution in [2.75, 3.05) is 20.8 Å². The summed E-state index contributed by atoms with van der Waals surface area (Å²) in [5.41, 5.74) is 2.33. The molecule has 0 saturated heterocycles. The van der Waals surface area contributed by atoms with Gasteiger partial charge in [0.25, 0.3) is 5.91 Å². The summed E-state index contributed by atoms with van der Waals surface area (Å²) in [6.07, 6.45) is 4.02. The molecule has 1 aliphatic heterocycles. The number of esters is 1. The Kier molecular flexibility index (Phi) is 6.49. The number of fused-ring (bicyclic) bond motifs is 1. The second-order valence-corrected chi connectivity index (χ2v) is 9.18. The first kappa shape index (κ1) is 23.0. The second kappa shape index (κ2) is 9.33. The van der Waals surface area contributed by atoms with Gasteiger partial charge < -0.3 is 24.3 Å². The summed E-state index contributed by atoms with van der Waals surface area (Å²) in [4.78, 5) is 25.1. The second-order valence-electron chi connectivity index (χ2n) is 9.18. The Bertz CT molecular complexity index is 1050. The first-order valence-corrected chi connectivity index (χ1v) is 11.3. The van der Waals surface area contributed by atoms with Crippen LogP contribution in [0.15, 0.2) is 30.3 Å². The number of ether oxygens (including phenoxy) is 4. The molecule has 1 saturated carbocycles. The van der Waals surface area contributed by atoms with Gasteiger partial charge in [0.15, 0.2) is 11.5 Å². The van der Waals surface area contributed by atoms with E-state index < -0.39 is 5.41 Å². The summed E-state index contributed by atoms with van der Waals surface area (Å²) in [7, 11) is 3.11. The summed E-state index contributed by atoms with van der Waals surface area (Å²) in [6.45, 7) is 4.18. The van der Waals surface area contributed by atoms with Crippen LogP contribution in [0.3, 0.4) is 0 Å². The van der Waals surface area contributed by atoms with Gasteiger partial charge in [-0.3, -0.25) is 9.59 Å². The molecular weight excluding hydrogens is 422 g/mol. The van der Waals surface area contributed by atoms with Crippen LogP contribution in [-0.4, -0.2) is 38.8 Å². The van der Waals surface area contributed by atoms with Gasteiger partial charge in [0.2, 0.25) is 5.75 Å². The van der Waals surface area contributed by atoms with Crippen LogP contribution in [0.25, 0.3) is 11.1 Å². The van der Waals surface area contributed by atoms with E-state index in [1.54, 1.807) is 14.2 Å². The number of hydrogen-bond acceptors (Lipinski definition) is 6. The Balaban J connectivity index is 1.67. The number of carbonyl (C=O) groups excluding carboxylic acids is 2. The number of carbonyl (C=O) groups is 2. The van der Waals surface area contributed by atoms with Crippen molar-refractivity contribution in [3.05, 3.63) is 41.5 Å². The normalized spacial score (nSPS) is 15.7. The highest BCUT2D eigenvalue weighted by Crippen LogP contribution is 2.46. The lowest BCUT2D eigenvalue weighted by molar-refractivity contribution is -0.161. The van der Waals surface area contributed by atoms with E-state index >= 15 is 0 Å². The first-order valence-electron chi connectivity index (χ1n) is 11.3. The molecule has 1 amide bonds. The lowest BCUT2D eigenvalue weighted by Gasteiger charge is -2.26. The van der Waals surface area contributed by atoms with Gasteiger partial charge in [-0.25, -0.2) is 0 Å². The van der Waals surface area contributed by atoms with E-state index in [0.29, 0.717) is 29.4 Å². The SMILES string of the molecule is COc1ccc(-c2cccc3c2CNC3=O)c(OCC(C)(C)C(=O)OC2CCCC2)c1OC. The van der Waals surface area contributed by atoms with Gasteiger partial charge in [-0.05, 0) is 68.9 Å². The Hall–Kier alpha value is -3.22. The number of amides is 1. The minimum atomic E-state index is -0.857. The molecule has 33 heavy (non-hydrogen) atoms. The Labute approximate surface area is 194 Å². The molecule has 7 nitrogen and oxygen atoms in total. The molecule has 1 fully saturated rings. The monoisotopic (exact) mass is 453 g/mol. The predicted octanol–water partition coefficient (Wildman–Crippen LogP) is 4.51. The van der Waals surface area contributed by atoms with Crippen molar-refractivity contribution in [2.45, 2.75) is 52.2 Å². The summed E-state index contributed by atoms with van der Waals surface area (Å²) in [5.74, 6) is 1.05. The van der Waals surface area contributed by atoms with Crippen molar-refractivity contribution in [1.29, 1.82) is 0 Å². The summed E-state index contributed by atoms with van der Waals surface area (Å²) < 4.78 is 23.2. The number of rotatable bonds is 8. The van der Waals surface area contributed by atoms with Crippen molar-refractivity contribution in [1.82, 2.24) is 5.32 Å². The average molecular weight is 454 g/mol. The largest absolute Gasteiger partial charge is 0.493 e. The van der Waals surface area contributed by atoms with Crippen LogP contribution in [0, 0.1) is 5.41 Å². The van der Waals surface area contributed by atoms with Gasteiger partial charge in [0, 0.05) is 17.7 Å². The van der Waals surface area contributed by atoms with Crippen molar-refractivity contribution in [2.24, 2.45) is 5.41 Å². The zero-order chi connectivity index (χ0) is 23.6. The zero-order valence-electron chi connectivity index (χ0n) is 19.7. The molecule has 1 N–H and O–H groups in total. The molecule has 4 rings (SSSR count). The highest BCUT2D eigenvalue weighted by atomic mass is 16.6. The van der Waals surface area contributed by atoms with E-state index in [9.17, 15) is 9.59 Å². The van der Waals surface area contributed by atoms with Crippen LogP contribution in [0.2, 0.25) is 0 Å². The molecule has 7 heteroatoms. The van der Waals surface area contributed by atoms with Crippen LogP contribution in [0.4, 0.5) is 0 Å². The highest BCUT2D eigenvalue weighted by Gasteiger charge is 2.34. The van der Waals surface area contributed by atoms with Gasteiger partial charge >= 0.3 is 5.97 Å². The third-order valence-corrected chi connectivity index (χ3v) is 6.34. The van der Waals surface area contributed by atoms with E-state index in [0.717, 1.165) is 42.4 Å². The molecule has 176 valence electrons. The van der Waals surface area contributed by atoms with Crippen molar-refractivity contribution < 1.29 is 28.5 Å². The Morgan fingerprint density at radius 1 is 1.00 bits per heavy atom. The fourth-order valence-corrected chi connectivity index (χ4v) is 4.39. The van der Waals surface area contributed by atoms with Gasteiger partial charge in [-0.15, -0.1) is 0 Å². The lowest BCUT2D eigenvalue weighted by atomic mass is 9.94. The lowest BCUT2D eigenvalue weighted by Crippen LogP contribution is -2.35. The van der Waals surface area contributed by atoms with Gasteiger partial charge in [-0.2, -0.15) is 0 Å². The molecule has 0 radical (unpaired) electrons. The van der Waals surface area contributed by atoms with E-state index in [-0.39, 0.29) is 24.6 Å². The average Bonchev–Trinajstić information content (AvgIpc) is 3.46. The number of hydrogen-bond donors (Lipinski definition) is 1. The van der Waals surface area contributed by atoms with Crippen molar-refractivity contribution in [3.8, 4) is 28.4 Å². The van der Waals surface area contributed by atoms with Crippen molar-refractivity contribution >= 4 is 11.9 Å². The third kappa shape index (κ3) is 4.49. The maximum Gasteiger partial charge on any atom is 0.315 e. The number of methoxy groups -OCH3 is 2. The first-order chi connectivity index (χ1) is 15.9. The molecule has 2 aromatic rings. The molecule has 0 bridgehead atoms. The van der Waals surface area contributed by atoms with Gasteiger partial charge in [-0.1, -0.05) is 12.1 Å². The molecule has 2 aliphatic rings. The number of benzene rings is 2. The van der Waals surface area contributed by atoms with Crippen LogP contribution in [0.1, 0.15) is 55.5 Å².